The summed E-state index contributed by atoms with van der Waals surface area (Å²) < 4.78 is 17.0. The second-order valence-corrected chi connectivity index (χ2v) is 10.1. The molecule has 0 atom stereocenters. The molecule has 6 nitrogen and oxygen atoms in total. The second kappa shape index (κ2) is 6.90. The van der Waals surface area contributed by atoms with Crippen molar-refractivity contribution in [2.24, 2.45) is 0 Å². The first-order valence-electron chi connectivity index (χ1n) is 10.8. The van der Waals surface area contributed by atoms with E-state index in [1.165, 1.54) is 6.07 Å². The fourth-order valence-corrected chi connectivity index (χ4v) is 4.87. The standard InChI is InChI=1S/C25H27FN6/c1-14-7-21(30-32-13-15(2)27-23(14)32)16-8-19(26)18-10-20(28-29-22(18)9-16)17-11-24(3,4)31-25(5,6)12-17/h7-11,13,31H,12H2,1-6H3. The number of halogens is 1. The molecule has 0 unspecified atom stereocenters. The van der Waals surface area contributed by atoms with Crippen molar-refractivity contribution in [1.29, 1.82) is 0 Å². The molecule has 1 aliphatic rings. The van der Waals surface area contributed by atoms with E-state index in [-0.39, 0.29) is 16.9 Å². The van der Waals surface area contributed by atoms with Crippen LogP contribution in [0.1, 0.15) is 51.1 Å². The first-order chi connectivity index (χ1) is 15.0. The van der Waals surface area contributed by atoms with Crippen LogP contribution < -0.4 is 5.32 Å². The summed E-state index contributed by atoms with van der Waals surface area (Å²) in [7, 11) is 0. The lowest BCUT2D eigenvalue weighted by Crippen LogP contribution is -2.53. The highest BCUT2D eigenvalue weighted by Crippen LogP contribution is 2.34. The molecule has 0 spiro atoms. The smallest absolute Gasteiger partial charge is 0.156 e. The highest BCUT2D eigenvalue weighted by Gasteiger charge is 2.33. The van der Waals surface area contributed by atoms with E-state index < -0.39 is 0 Å². The minimum absolute atomic E-state index is 0.0829. The third kappa shape index (κ3) is 3.66. The summed E-state index contributed by atoms with van der Waals surface area (Å²) in [5.41, 5.74) is 6.06. The number of imidazole rings is 1. The van der Waals surface area contributed by atoms with Gasteiger partial charge < -0.3 is 5.32 Å². The Morgan fingerprint density at radius 3 is 2.53 bits per heavy atom. The molecular formula is C25H27FN6. The second-order valence-electron chi connectivity index (χ2n) is 10.1. The van der Waals surface area contributed by atoms with E-state index >= 15 is 4.39 Å². The van der Waals surface area contributed by atoms with Gasteiger partial charge in [0.05, 0.1) is 28.8 Å². The Morgan fingerprint density at radius 2 is 1.78 bits per heavy atom. The lowest BCUT2D eigenvalue weighted by atomic mass is 9.82. The number of nitrogens with zero attached hydrogens (tertiary/aromatic N) is 5. The molecular weight excluding hydrogens is 403 g/mol. The number of hydrogen-bond acceptors (Lipinski definition) is 5. The Labute approximate surface area is 186 Å². The molecule has 4 heterocycles. The molecule has 0 radical (unpaired) electrons. The zero-order valence-corrected chi connectivity index (χ0v) is 19.3. The van der Waals surface area contributed by atoms with Crippen molar-refractivity contribution in [3.05, 3.63) is 59.3 Å². The van der Waals surface area contributed by atoms with Crippen LogP contribution in [0.5, 0.6) is 0 Å². The Balaban J connectivity index is 1.60. The summed E-state index contributed by atoms with van der Waals surface area (Å²) in [6.45, 7) is 12.5. The van der Waals surface area contributed by atoms with Crippen molar-refractivity contribution >= 4 is 22.1 Å². The molecule has 0 saturated carbocycles. The largest absolute Gasteiger partial charge is 0.303 e. The van der Waals surface area contributed by atoms with Crippen molar-refractivity contribution in [3.63, 3.8) is 0 Å². The lowest BCUT2D eigenvalue weighted by molar-refractivity contribution is 0.297. The SMILES string of the molecule is Cc1cn2nc(-c3cc(F)c4cc(C5=CC(C)(C)NC(C)(C)C5)nnc4c3)cc(C)c2n1. The van der Waals surface area contributed by atoms with Gasteiger partial charge in [-0.2, -0.15) is 10.2 Å². The number of rotatable bonds is 2. The zero-order valence-electron chi connectivity index (χ0n) is 19.3. The number of nitrogens with one attached hydrogen (secondary N) is 1. The molecule has 5 rings (SSSR count). The van der Waals surface area contributed by atoms with Gasteiger partial charge >= 0.3 is 0 Å². The first kappa shape index (κ1) is 20.7. The predicted molar refractivity (Wildman–Crippen MR) is 125 cm³/mol. The van der Waals surface area contributed by atoms with Gasteiger partial charge in [-0.05, 0) is 83.4 Å². The Bertz CT molecular complexity index is 1410. The van der Waals surface area contributed by atoms with E-state index in [0.717, 1.165) is 34.6 Å². The highest BCUT2D eigenvalue weighted by molar-refractivity contribution is 5.86. The number of hydrogen-bond donors (Lipinski definition) is 1. The Morgan fingerprint density at radius 1 is 1.00 bits per heavy atom. The number of aryl methyl sites for hydroxylation is 2. The van der Waals surface area contributed by atoms with Gasteiger partial charge in [-0.25, -0.2) is 13.9 Å². The molecule has 0 saturated heterocycles. The number of benzene rings is 1. The summed E-state index contributed by atoms with van der Waals surface area (Å²) in [4.78, 5) is 4.48. The Hall–Kier alpha value is -3.19. The molecule has 32 heavy (non-hydrogen) atoms. The van der Waals surface area contributed by atoms with Gasteiger partial charge in [-0.15, -0.1) is 5.10 Å². The summed E-state index contributed by atoms with van der Waals surface area (Å²) >= 11 is 0. The monoisotopic (exact) mass is 430 g/mol. The van der Waals surface area contributed by atoms with Gasteiger partial charge in [-0.1, -0.05) is 6.08 Å². The summed E-state index contributed by atoms with van der Waals surface area (Å²) in [5.74, 6) is -0.330. The zero-order chi connectivity index (χ0) is 22.8. The molecule has 0 bridgehead atoms. The molecule has 1 aromatic carbocycles. The molecule has 0 aliphatic carbocycles. The van der Waals surface area contributed by atoms with Crippen LogP contribution in [0, 0.1) is 19.7 Å². The molecule has 0 fully saturated rings. The van der Waals surface area contributed by atoms with E-state index in [1.807, 2.05) is 38.2 Å². The van der Waals surface area contributed by atoms with Crippen molar-refractivity contribution in [2.75, 3.05) is 0 Å². The summed E-state index contributed by atoms with van der Waals surface area (Å²) in [6, 6.07) is 7.10. The lowest BCUT2D eigenvalue weighted by Gasteiger charge is -2.41. The van der Waals surface area contributed by atoms with Crippen LogP contribution in [0.4, 0.5) is 4.39 Å². The molecule has 7 heteroatoms. The van der Waals surface area contributed by atoms with E-state index in [2.05, 4.69) is 59.4 Å². The predicted octanol–water partition coefficient (Wildman–Crippen LogP) is 5.03. The van der Waals surface area contributed by atoms with Crippen LogP contribution >= 0.6 is 0 Å². The summed E-state index contributed by atoms with van der Waals surface area (Å²) in [6.07, 6.45) is 4.82. The van der Waals surface area contributed by atoms with Crippen molar-refractivity contribution in [2.45, 2.75) is 59.0 Å². The number of fused-ring (bicyclic) bond motifs is 2. The highest BCUT2D eigenvalue weighted by atomic mass is 19.1. The average molecular weight is 431 g/mol. The maximum Gasteiger partial charge on any atom is 0.156 e. The fourth-order valence-electron chi connectivity index (χ4n) is 4.87. The van der Waals surface area contributed by atoms with E-state index in [1.54, 1.807) is 4.52 Å². The quantitative estimate of drug-likeness (QED) is 0.483. The molecule has 1 N–H and O–H groups in total. The van der Waals surface area contributed by atoms with Gasteiger partial charge in [0, 0.05) is 22.0 Å². The van der Waals surface area contributed by atoms with Crippen LogP contribution in [0.25, 0.3) is 33.4 Å². The van der Waals surface area contributed by atoms with Gasteiger partial charge in [0.2, 0.25) is 0 Å². The van der Waals surface area contributed by atoms with E-state index in [0.29, 0.717) is 22.2 Å². The third-order valence-electron chi connectivity index (χ3n) is 5.84. The van der Waals surface area contributed by atoms with Crippen molar-refractivity contribution in [3.8, 4) is 11.3 Å². The van der Waals surface area contributed by atoms with Crippen LogP contribution in [0.2, 0.25) is 0 Å². The van der Waals surface area contributed by atoms with Crippen molar-refractivity contribution in [1.82, 2.24) is 30.1 Å². The molecule has 4 aromatic rings. The molecule has 1 aliphatic heterocycles. The fraction of sp³-hybridized carbons (Fsp3) is 0.360. The van der Waals surface area contributed by atoms with Gasteiger partial charge in [-0.3, -0.25) is 0 Å². The van der Waals surface area contributed by atoms with Gasteiger partial charge in [0.25, 0.3) is 0 Å². The number of aromatic nitrogens is 5. The normalized spacial score (nSPS) is 17.7. The minimum Gasteiger partial charge on any atom is -0.303 e. The maximum atomic E-state index is 15.3. The minimum atomic E-state index is -0.330. The van der Waals surface area contributed by atoms with Crippen LogP contribution in [-0.2, 0) is 0 Å². The van der Waals surface area contributed by atoms with Crippen LogP contribution in [-0.4, -0.2) is 35.9 Å². The topological polar surface area (TPSA) is 68.0 Å². The van der Waals surface area contributed by atoms with Gasteiger partial charge in [0.1, 0.15) is 5.82 Å². The molecule has 164 valence electrons. The third-order valence-corrected chi connectivity index (χ3v) is 5.84. The van der Waals surface area contributed by atoms with Gasteiger partial charge in [0.15, 0.2) is 5.65 Å². The van der Waals surface area contributed by atoms with Crippen LogP contribution in [0.3, 0.4) is 0 Å². The Kier molecular flexibility index (Phi) is 4.47. The van der Waals surface area contributed by atoms with E-state index in [9.17, 15) is 0 Å². The maximum absolute atomic E-state index is 15.3. The average Bonchev–Trinajstić information content (AvgIpc) is 3.06. The summed E-state index contributed by atoms with van der Waals surface area (Å²) in [5, 5.41) is 17.5. The molecule has 0 amide bonds. The first-order valence-corrected chi connectivity index (χ1v) is 10.8. The van der Waals surface area contributed by atoms with Crippen molar-refractivity contribution < 1.29 is 4.39 Å². The van der Waals surface area contributed by atoms with Crippen LogP contribution in [0.15, 0.2) is 36.5 Å². The molecule has 3 aromatic heterocycles. The van der Waals surface area contributed by atoms with E-state index in [4.69, 9.17) is 0 Å².